The minimum absolute atomic E-state index is 0.407. The molecule has 3 fully saturated rings. The maximum atomic E-state index is 10.6. The van der Waals surface area contributed by atoms with Gasteiger partial charge < -0.3 is 78.7 Å². The van der Waals surface area contributed by atoms with Crippen LogP contribution in [0.1, 0.15) is 0 Å². The SMILES string of the molecule is CO[C@@H]1[C@@H](OC[C@H]2O[C@H](OC[C@H]3O[C@H](O)[C@@H](OC)[C@@H](O)[C@@H]3O)[C@@H](OC)[C@@H](O)[C@@H]2O)O[C@H](CO)[C@@H](O)[C@@H]1O. The summed E-state index contributed by atoms with van der Waals surface area (Å²) in [6.45, 7) is -1.42. The van der Waals surface area contributed by atoms with E-state index in [0.29, 0.717) is 0 Å². The summed E-state index contributed by atoms with van der Waals surface area (Å²) in [5, 5.41) is 81.3. The third-order valence-electron chi connectivity index (χ3n) is 6.80. The molecule has 0 aliphatic carbocycles. The lowest BCUT2D eigenvalue weighted by Crippen LogP contribution is -2.63. The zero-order chi connectivity index (χ0) is 27.4. The van der Waals surface area contributed by atoms with Crippen LogP contribution in [-0.4, -0.2) is 174 Å². The van der Waals surface area contributed by atoms with Gasteiger partial charge in [-0.15, -0.1) is 0 Å². The molecule has 0 spiro atoms. The molecular formula is C21H38O16. The fraction of sp³-hybridized carbons (Fsp3) is 1.00. The number of hydrogen-bond donors (Lipinski definition) is 8. The van der Waals surface area contributed by atoms with Gasteiger partial charge in [-0.3, -0.25) is 0 Å². The Morgan fingerprint density at radius 3 is 1.32 bits per heavy atom. The van der Waals surface area contributed by atoms with E-state index in [1.165, 1.54) is 21.3 Å². The van der Waals surface area contributed by atoms with E-state index in [4.69, 9.17) is 37.9 Å². The van der Waals surface area contributed by atoms with Crippen molar-refractivity contribution >= 4 is 0 Å². The molecule has 37 heavy (non-hydrogen) atoms. The van der Waals surface area contributed by atoms with Gasteiger partial charge >= 0.3 is 0 Å². The van der Waals surface area contributed by atoms with Crippen LogP contribution < -0.4 is 0 Å². The molecule has 0 aromatic carbocycles. The van der Waals surface area contributed by atoms with E-state index in [9.17, 15) is 40.9 Å². The Morgan fingerprint density at radius 1 is 0.514 bits per heavy atom. The van der Waals surface area contributed by atoms with Crippen LogP contribution in [0.3, 0.4) is 0 Å². The summed E-state index contributed by atoms with van der Waals surface area (Å²) in [6, 6.07) is 0. The van der Waals surface area contributed by atoms with E-state index in [2.05, 4.69) is 0 Å². The highest BCUT2D eigenvalue weighted by Crippen LogP contribution is 2.29. The second-order valence-corrected chi connectivity index (χ2v) is 9.04. The fourth-order valence-corrected chi connectivity index (χ4v) is 4.56. The summed E-state index contributed by atoms with van der Waals surface area (Å²) in [4.78, 5) is 0. The first-order chi connectivity index (χ1) is 17.6. The summed E-state index contributed by atoms with van der Waals surface area (Å²) in [5.41, 5.74) is 0. The topological polar surface area (TPSA) is 236 Å². The van der Waals surface area contributed by atoms with Gasteiger partial charge in [0.25, 0.3) is 0 Å². The number of methoxy groups -OCH3 is 3. The lowest BCUT2D eigenvalue weighted by molar-refractivity contribution is -0.343. The normalized spacial score (nSPS) is 49.2. The smallest absolute Gasteiger partial charge is 0.187 e. The molecule has 3 aliphatic heterocycles. The van der Waals surface area contributed by atoms with E-state index < -0.39 is 112 Å². The third kappa shape index (κ3) is 6.58. The van der Waals surface area contributed by atoms with Gasteiger partial charge in [-0.1, -0.05) is 0 Å². The van der Waals surface area contributed by atoms with Crippen molar-refractivity contribution in [3.05, 3.63) is 0 Å². The molecule has 15 atom stereocenters. The Morgan fingerprint density at radius 2 is 0.892 bits per heavy atom. The lowest BCUT2D eigenvalue weighted by atomic mass is 9.98. The predicted molar refractivity (Wildman–Crippen MR) is 116 cm³/mol. The van der Waals surface area contributed by atoms with Crippen molar-refractivity contribution in [3.8, 4) is 0 Å². The first-order valence-electron chi connectivity index (χ1n) is 11.7. The molecule has 16 nitrogen and oxygen atoms in total. The van der Waals surface area contributed by atoms with E-state index in [1.807, 2.05) is 0 Å². The first kappa shape index (κ1) is 30.9. The maximum absolute atomic E-state index is 10.6. The number of rotatable bonds is 10. The Balaban J connectivity index is 1.63. The molecule has 0 saturated carbocycles. The van der Waals surface area contributed by atoms with Crippen molar-refractivity contribution in [2.24, 2.45) is 0 Å². The zero-order valence-corrected chi connectivity index (χ0v) is 20.6. The Hall–Kier alpha value is -0.640. The van der Waals surface area contributed by atoms with E-state index in [1.54, 1.807) is 0 Å². The van der Waals surface area contributed by atoms with Gasteiger partial charge in [0.15, 0.2) is 18.9 Å². The number of hydrogen-bond acceptors (Lipinski definition) is 16. The molecule has 16 heteroatoms. The average molecular weight is 547 g/mol. The summed E-state index contributed by atoms with van der Waals surface area (Å²) in [7, 11) is 3.74. The van der Waals surface area contributed by atoms with Crippen molar-refractivity contribution in [2.45, 2.75) is 92.1 Å². The van der Waals surface area contributed by atoms with Gasteiger partial charge in [0.2, 0.25) is 0 Å². The van der Waals surface area contributed by atoms with Crippen LogP contribution in [0.15, 0.2) is 0 Å². The monoisotopic (exact) mass is 546 g/mol. The van der Waals surface area contributed by atoms with E-state index in [0.717, 1.165) is 0 Å². The molecule has 0 unspecified atom stereocenters. The van der Waals surface area contributed by atoms with Gasteiger partial charge in [-0.25, -0.2) is 0 Å². The van der Waals surface area contributed by atoms with E-state index >= 15 is 0 Å². The van der Waals surface area contributed by atoms with Crippen LogP contribution >= 0.6 is 0 Å². The van der Waals surface area contributed by atoms with Crippen molar-refractivity contribution in [1.82, 2.24) is 0 Å². The highest BCUT2D eigenvalue weighted by Gasteiger charge is 2.50. The number of ether oxygens (including phenoxy) is 8. The lowest BCUT2D eigenvalue weighted by Gasteiger charge is -2.44. The molecule has 3 aliphatic rings. The second-order valence-electron chi connectivity index (χ2n) is 9.04. The maximum Gasteiger partial charge on any atom is 0.187 e. The molecule has 3 saturated heterocycles. The van der Waals surface area contributed by atoms with Crippen molar-refractivity contribution in [2.75, 3.05) is 41.2 Å². The third-order valence-corrected chi connectivity index (χ3v) is 6.80. The average Bonchev–Trinajstić information content (AvgIpc) is 2.88. The van der Waals surface area contributed by atoms with Crippen molar-refractivity contribution in [3.63, 3.8) is 0 Å². The standard InChI is InChI=1S/C21H38O16/c1-30-16-13(26)11(24)8(35-19(16)29)5-33-21-18(32-3)15(28)12(25)9(37-21)6-34-20-17(31-2)14(27)10(23)7(4-22)36-20/h7-29H,4-6H2,1-3H3/t7-,8-,9-,10-,11-,12-,13+,14+,15+,16+,17+,18+,19+,20+,21+/m1/s1. The van der Waals surface area contributed by atoms with Crippen LogP contribution in [0.25, 0.3) is 0 Å². The Labute approximate surface area is 212 Å². The fourth-order valence-electron chi connectivity index (χ4n) is 4.56. The van der Waals surface area contributed by atoms with E-state index in [-0.39, 0.29) is 0 Å². The molecule has 218 valence electrons. The molecule has 0 aromatic rings. The van der Waals surface area contributed by atoms with Crippen molar-refractivity contribution in [1.29, 1.82) is 0 Å². The number of aliphatic hydroxyl groups excluding tert-OH is 8. The van der Waals surface area contributed by atoms with Gasteiger partial charge in [0.1, 0.15) is 73.2 Å². The minimum atomic E-state index is -1.54. The summed E-state index contributed by atoms with van der Waals surface area (Å²) in [6.07, 6.45) is -20.0. The zero-order valence-electron chi connectivity index (χ0n) is 20.6. The summed E-state index contributed by atoms with van der Waals surface area (Å²) in [5.74, 6) is 0. The van der Waals surface area contributed by atoms with Gasteiger partial charge in [0.05, 0.1) is 19.8 Å². The molecule has 3 rings (SSSR count). The highest BCUT2D eigenvalue weighted by molar-refractivity contribution is 4.93. The molecule has 0 bridgehead atoms. The van der Waals surface area contributed by atoms with Crippen molar-refractivity contribution < 1.29 is 78.7 Å². The highest BCUT2D eigenvalue weighted by atomic mass is 16.7. The quantitative estimate of drug-likeness (QED) is 0.127. The molecule has 0 radical (unpaired) electrons. The largest absolute Gasteiger partial charge is 0.394 e. The van der Waals surface area contributed by atoms with Crippen LogP contribution in [0, 0.1) is 0 Å². The van der Waals surface area contributed by atoms with Gasteiger partial charge in [-0.2, -0.15) is 0 Å². The predicted octanol–water partition coefficient (Wildman–Crippen LogP) is -5.61. The van der Waals surface area contributed by atoms with Gasteiger partial charge in [-0.05, 0) is 0 Å². The second kappa shape index (κ2) is 13.6. The molecule has 3 heterocycles. The molecule has 0 amide bonds. The van der Waals surface area contributed by atoms with Crippen LogP contribution in [0.2, 0.25) is 0 Å². The Bertz CT molecular complexity index is 687. The van der Waals surface area contributed by atoms with Gasteiger partial charge in [0, 0.05) is 21.3 Å². The summed E-state index contributed by atoms with van der Waals surface area (Å²) < 4.78 is 43.0. The van der Waals surface area contributed by atoms with Crippen LogP contribution in [0.5, 0.6) is 0 Å². The van der Waals surface area contributed by atoms with Crippen LogP contribution in [-0.2, 0) is 37.9 Å². The minimum Gasteiger partial charge on any atom is -0.394 e. The Kier molecular flexibility index (Phi) is 11.4. The number of aliphatic hydroxyl groups is 8. The molecular weight excluding hydrogens is 508 g/mol. The summed E-state index contributed by atoms with van der Waals surface area (Å²) >= 11 is 0. The molecule has 8 N–H and O–H groups in total. The van der Waals surface area contributed by atoms with Crippen LogP contribution in [0.4, 0.5) is 0 Å². The molecule has 0 aromatic heterocycles. The first-order valence-corrected chi connectivity index (χ1v) is 11.7.